The number of carboxylic acids is 1. The predicted molar refractivity (Wildman–Crippen MR) is 114 cm³/mol. The predicted octanol–water partition coefficient (Wildman–Crippen LogP) is 4.22. The van der Waals surface area contributed by atoms with Crippen LogP contribution in [0.25, 0.3) is 23.1 Å². The summed E-state index contributed by atoms with van der Waals surface area (Å²) in [5, 5.41) is 9.43. The quantitative estimate of drug-likeness (QED) is 0.621. The Balaban J connectivity index is 1.92. The fourth-order valence-electron chi connectivity index (χ4n) is 3.02. The molecule has 3 rings (SSSR count). The fraction of sp³-hybridized carbons (Fsp3) is 0.261. The van der Waals surface area contributed by atoms with Crippen LogP contribution in [0.5, 0.6) is 5.75 Å². The van der Waals surface area contributed by atoms with Crippen molar-refractivity contribution in [2.75, 3.05) is 0 Å². The van der Waals surface area contributed by atoms with Crippen molar-refractivity contribution in [1.29, 1.82) is 0 Å². The van der Waals surface area contributed by atoms with Crippen LogP contribution in [0.3, 0.4) is 0 Å². The summed E-state index contributed by atoms with van der Waals surface area (Å²) in [5.41, 5.74) is 1.40. The van der Waals surface area contributed by atoms with Crippen LogP contribution in [-0.4, -0.2) is 26.7 Å². The van der Waals surface area contributed by atoms with E-state index in [9.17, 15) is 9.59 Å². The average molecular weight is 392 g/mol. The number of rotatable bonds is 8. The van der Waals surface area contributed by atoms with Gasteiger partial charge < -0.3 is 9.84 Å². The molecule has 29 heavy (non-hydrogen) atoms. The smallest absolute Gasteiger partial charge is 0.303 e. The maximum Gasteiger partial charge on any atom is 0.303 e. The number of aliphatic carboxylic acids is 1. The molecule has 0 fully saturated rings. The van der Waals surface area contributed by atoms with E-state index in [1.165, 1.54) is 4.57 Å². The molecular weight excluding hydrogens is 368 g/mol. The third-order valence-electron chi connectivity index (χ3n) is 4.34. The normalized spacial score (nSPS) is 11.4. The molecule has 2 aromatic carbocycles. The summed E-state index contributed by atoms with van der Waals surface area (Å²) >= 11 is 0. The summed E-state index contributed by atoms with van der Waals surface area (Å²) in [6.45, 7) is 4.25. The second-order valence-corrected chi connectivity index (χ2v) is 7.01. The second-order valence-electron chi connectivity index (χ2n) is 7.01. The highest BCUT2D eigenvalue weighted by Crippen LogP contribution is 2.16. The Kier molecular flexibility index (Phi) is 6.44. The molecule has 0 amide bonds. The van der Waals surface area contributed by atoms with Crippen LogP contribution in [0.2, 0.25) is 0 Å². The number of benzene rings is 2. The molecule has 6 heteroatoms. The standard InChI is InChI=1S/C23H24N2O4/c1-16(2)29-18-12-9-17(10-13-18)11-14-21-24-20-7-4-3-6-19(20)23(28)25(21)15-5-8-22(26)27/h3-4,6-7,9-14,16H,5,8,15H2,1-2H3,(H,26,27)/b14-11+. The first-order valence-corrected chi connectivity index (χ1v) is 9.60. The van der Waals surface area contributed by atoms with Gasteiger partial charge in [0.15, 0.2) is 0 Å². The minimum absolute atomic E-state index is 0.000263. The van der Waals surface area contributed by atoms with E-state index >= 15 is 0 Å². The molecule has 0 aliphatic rings. The lowest BCUT2D eigenvalue weighted by molar-refractivity contribution is -0.137. The van der Waals surface area contributed by atoms with E-state index in [0.717, 1.165) is 11.3 Å². The Morgan fingerprint density at radius 2 is 1.86 bits per heavy atom. The van der Waals surface area contributed by atoms with Gasteiger partial charge in [-0.2, -0.15) is 0 Å². The summed E-state index contributed by atoms with van der Waals surface area (Å²) in [5.74, 6) is 0.417. The van der Waals surface area contributed by atoms with Crippen LogP contribution in [0, 0.1) is 0 Å². The third-order valence-corrected chi connectivity index (χ3v) is 4.34. The van der Waals surface area contributed by atoms with Crippen LogP contribution in [0.4, 0.5) is 0 Å². The van der Waals surface area contributed by atoms with Crippen molar-refractivity contribution in [3.05, 3.63) is 70.3 Å². The maximum atomic E-state index is 12.9. The molecule has 1 aromatic heterocycles. The van der Waals surface area contributed by atoms with Crippen LogP contribution in [0.1, 0.15) is 38.1 Å². The van der Waals surface area contributed by atoms with Gasteiger partial charge in [0.25, 0.3) is 5.56 Å². The zero-order valence-electron chi connectivity index (χ0n) is 16.5. The van der Waals surface area contributed by atoms with Crippen LogP contribution < -0.4 is 10.3 Å². The van der Waals surface area contributed by atoms with Gasteiger partial charge >= 0.3 is 5.97 Å². The number of hydrogen-bond acceptors (Lipinski definition) is 4. The first-order valence-electron chi connectivity index (χ1n) is 9.60. The van der Waals surface area contributed by atoms with E-state index in [4.69, 9.17) is 9.84 Å². The van der Waals surface area contributed by atoms with E-state index in [1.807, 2.05) is 50.3 Å². The Morgan fingerprint density at radius 3 is 2.55 bits per heavy atom. The lowest BCUT2D eigenvalue weighted by Crippen LogP contribution is -2.24. The zero-order chi connectivity index (χ0) is 20.8. The highest BCUT2D eigenvalue weighted by Gasteiger charge is 2.09. The van der Waals surface area contributed by atoms with Gasteiger partial charge in [-0.1, -0.05) is 30.3 Å². The van der Waals surface area contributed by atoms with Crippen molar-refractivity contribution >= 4 is 29.0 Å². The van der Waals surface area contributed by atoms with Crippen molar-refractivity contribution in [2.45, 2.75) is 39.3 Å². The molecule has 3 aromatic rings. The van der Waals surface area contributed by atoms with Crippen LogP contribution in [-0.2, 0) is 11.3 Å². The number of hydrogen-bond donors (Lipinski definition) is 1. The number of fused-ring (bicyclic) bond motifs is 1. The molecule has 0 spiro atoms. The topological polar surface area (TPSA) is 81.4 Å². The van der Waals surface area contributed by atoms with Crippen LogP contribution >= 0.6 is 0 Å². The maximum absolute atomic E-state index is 12.9. The van der Waals surface area contributed by atoms with Gasteiger partial charge in [-0.3, -0.25) is 14.2 Å². The van der Waals surface area contributed by atoms with Crippen molar-refractivity contribution in [2.24, 2.45) is 0 Å². The lowest BCUT2D eigenvalue weighted by Gasteiger charge is -2.11. The Bertz CT molecular complexity index is 1080. The number of carboxylic acid groups (broad SMARTS) is 1. The van der Waals surface area contributed by atoms with E-state index < -0.39 is 5.97 Å². The van der Waals surface area contributed by atoms with Crippen molar-refractivity contribution in [3.63, 3.8) is 0 Å². The van der Waals surface area contributed by atoms with Gasteiger partial charge in [-0.15, -0.1) is 0 Å². The van der Waals surface area contributed by atoms with Gasteiger partial charge in [0.05, 0.1) is 17.0 Å². The summed E-state index contributed by atoms with van der Waals surface area (Å²) in [4.78, 5) is 28.4. The van der Waals surface area contributed by atoms with E-state index in [2.05, 4.69) is 4.98 Å². The third kappa shape index (κ3) is 5.31. The second kappa shape index (κ2) is 9.19. The Hall–Kier alpha value is -3.41. The molecule has 0 bridgehead atoms. The SMILES string of the molecule is CC(C)Oc1ccc(/C=C/c2nc3ccccc3c(=O)n2CCCC(=O)O)cc1. The summed E-state index contributed by atoms with van der Waals surface area (Å²) in [6.07, 6.45) is 4.13. The largest absolute Gasteiger partial charge is 0.491 e. The number of aromatic nitrogens is 2. The van der Waals surface area contributed by atoms with Crippen molar-refractivity contribution in [3.8, 4) is 5.75 Å². The van der Waals surface area contributed by atoms with Crippen molar-refractivity contribution in [1.82, 2.24) is 9.55 Å². The molecule has 0 aliphatic carbocycles. The van der Waals surface area contributed by atoms with E-state index in [1.54, 1.807) is 24.3 Å². The minimum atomic E-state index is -0.882. The molecule has 0 unspecified atom stereocenters. The lowest BCUT2D eigenvalue weighted by atomic mass is 10.2. The van der Waals surface area contributed by atoms with Gasteiger partial charge in [0.1, 0.15) is 11.6 Å². The molecule has 1 heterocycles. The highest BCUT2D eigenvalue weighted by atomic mass is 16.5. The summed E-state index contributed by atoms with van der Waals surface area (Å²) < 4.78 is 7.19. The van der Waals surface area contributed by atoms with Crippen LogP contribution in [0.15, 0.2) is 53.3 Å². The van der Waals surface area contributed by atoms with Gasteiger partial charge in [0, 0.05) is 13.0 Å². The number of para-hydroxylation sites is 1. The molecule has 0 radical (unpaired) electrons. The Morgan fingerprint density at radius 1 is 1.14 bits per heavy atom. The molecular formula is C23H24N2O4. The van der Waals surface area contributed by atoms with Gasteiger partial charge in [0.2, 0.25) is 0 Å². The number of ether oxygens (including phenoxy) is 1. The molecule has 0 atom stereocenters. The van der Waals surface area contributed by atoms with E-state index in [-0.39, 0.29) is 18.1 Å². The minimum Gasteiger partial charge on any atom is -0.491 e. The Labute approximate surface area is 169 Å². The molecule has 0 saturated heterocycles. The van der Waals surface area contributed by atoms with Gasteiger partial charge in [-0.05, 0) is 56.2 Å². The molecule has 150 valence electrons. The monoisotopic (exact) mass is 392 g/mol. The molecule has 6 nitrogen and oxygen atoms in total. The zero-order valence-corrected chi connectivity index (χ0v) is 16.5. The molecule has 0 saturated carbocycles. The average Bonchev–Trinajstić information content (AvgIpc) is 2.69. The molecule has 0 aliphatic heterocycles. The van der Waals surface area contributed by atoms with E-state index in [0.29, 0.717) is 29.7 Å². The first kappa shape index (κ1) is 20.3. The number of nitrogens with zero attached hydrogens (tertiary/aromatic N) is 2. The summed E-state index contributed by atoms with van der Waals surface area (Å²) in [7, 11) is 0. The molecule has 1 N–H and O–H groups in total. The highest BCUT2D eigenvalue weighted by molar-refractivity contribution is 5.79. The van der Waals surface area contributed by atoms with Crippen molar-refractivity contribution < 1.29 is 14.6 Å². The summed E-state index contributed by atoms with van der Waals surface area (Å²) in [6, 6.07) is 14.8. The first-order chi connectivity index (χ1) is 13.9. The fourth-order valence-corrected chi connectivity index (χ4v) is 3.02. The van der Waals surface area contributed by atoms with Gasteiger partial charge in [-0.25, -0.2) is 4.98 Å². The number of carbonyl (C=O) groups is 1.